The smallest absolute Gasteiger partial charge is 0.256 e. The van der Waals surface area contributed by atoms with E-state index in [1.807, 2.05) is 6.92 Å². The zero-order chi connectivity index (χ0) is 20.5. The molecular formula is C19H22Cl2N6O. The molecule has 7 nitrogen and oxygen atoms in total. The zero-order valence-corrected chi connectivity index (χ0v) is 17.1. The SMILES string of the molecule is CCC(CNc1ccc(Cl)cn1)N(C)C(=O)c1cc(Cl)ccc1N/N=C\C=N. The van der Waals surface area contributed by atoms with Gasteiger partial charge in [-0.05, 0) is 36.8 Å². The molecule has 0 aliphatic carbocycles. The van der Waals surface area contributed by atoms with Crippen LogP contribution in [-0.2, 0) is 0 Å². The minimum atomic E-state index is -0.187. The highest BCUT2D eigenvalue weighted by Gasteiger charge is 2.22. The van der Waals surface area contributed by atoms with Gasteiger partial charge in [-0.25, -0.2) is 4.98 Å². The van der Waals surface area contributed by atoms with E-state index in [9.17, 15) is 4.79 Å². The van der Waals surface area contributed by atoms with E-state index in [2.05, 4.69) is 20.8 Å². The van der Waals surface area contributed by atoms with Gasteiger partial charge in [0.2, 0.25) is 0 Å². The predicted octanol–water partition coefficient (Wildman–Crippen LogP) is 4.40. The van der Waals surface area contributed by atoms with Crippen molar-refractivity contribution in [3.63, 3.8) is 0 Å². The Bertz CT molecular complexity index is 841. The number of benzene rings is 1. The summed E-state index contributed by atoms with van der Waals surface area (Å²) in [6.45, 7) is 2.54. The number of pyridine rings is 1. The fraction of sp³-hybridized carbons (Fsp3) is 0.263. The molecule has 2 aromatic rings. The number of nitrogens with one attached hydrogen (secondary N) is 3. The van der Waals surface area contributed by atoms with Gasteiger partial charge in [0.25, 0.3) is 5.91 Å². The molecule has 2 rings (SSSR count). The number of halogens is 2. The van der Waals surface area contributed by atoms with Gasteiger partial charge in [0.1, 0.15) is 5.82 Å². The van der Waals surface area contributed by atoms with E-state index >= 15 is 0 Å². The van der Waals surface area contributed by atoms with Crippen LogP contribution in [0.3, 0.4) is 0 Å². The molecule has 1 unspecified atom stereocenters. The van der Waals surface area contributed by atoms with E-state index in [1.54, 1.807) is 48.5 Å². The fourth-order valence-corrected chi connectivity index (χ4v) is 2.83. The Morgan fingerprint density at radius 3 is 2.71 bits per heavy atom. The highest BCUT2D eigenvalue weighted by Crippen LogP contribution is 2.23. The molecule has 0 aliphatic heterocycles. The Hall–Kier alpha value is -2.64. The highest BCUT2D eigenvalue weighted by molar-refractivity contribution is 6.31. The largest absolute Gasteiger partial charge is 0.368 e. The van der Waals surface area contributed by atoms with Crippen LogP contribution in [0.2, 0.25) is 10.0 Å². The standard InChI is InChI=1S/C19H22Cl2N6O/c1-3-15(12-24-18-7-5-14(21)11-23-18)27(2)19(28)16-10-13(20)4-6-17(16)26-25-9-8-22/h4-11,15,22,26H,3,12H2,1-2H3,(H,23,24)/b22-8?,25-9-. The first kappa shape index (κ1) is 21.7. The Balaban J connectivity index is 2.14. The Labute approximate surface area is 174 Å². The second-order valence-electron chi connectivity index (χ2n) is 5.97. The van der Waals surface area contributed by atoms with Crippen LogP contribution >= 0.6 is 23.2 Å². The van der Waals surface area contributed by atoms with Crippen molar-refractivity contribution >= 4 is 53.0 Å². The number of anilines is 2. The zero-order valence-electron chi connectivity index (χ0n) is 15.6. The maximum Gasteiger partial charge on any atom is 0.256 e. The topological polar surface area (TPSA) is 93.5 Å². The maximum atomic E-state index is 13.1. The Morgan fingerprint density at radius 2 is 2.07 bits per heavy atom. The van der Waals surface area contributed by atoms with E-state index in [0.717, 1.165) is 12.6 Å². The second-order valence-corrected chi connectivity index (χ2v) is 6.84. The van der Waals surface area contributed by atoms with Gasteiger partial charge in [0, 0.05) is 37.1 Å². The molecule has 0 saturated heterocycles. The summed E-state index contributed by atoms with van der Waals surface area (Å²) in [7, 11) is 1.75. The number of rotatable bonds is 9. The summed E-state index contributed by atoms with van der Waals surface area (Å²) in [6.07, 6.45) is 4.64. The number of aromatic nitrogens is 1. The van der Waals surface area contributed by atoms with Crippen molar-refractivity contribution in [2.24, 2.45) is 5.10 Å². The van der Waals surface area contributed by atoms with Crippen LogP contribution in [0, 0.1) is 5.41 Å². The van der Waals surface area contributed by atoms with Crippen LogP contribution in [-0.4, -0.2) is 47.9 Å². The van der Waals surface area contributed by atoms with E-state index in [4.69, 9.17) is 28.6 Å². The molecule has 0 saturated carbocycles. The maximum absolute atomic E-state index is 13.1. The summed E-state index contributed by atoms with van der Waals surface area (Å²) in [5.41, 5.74) is 3.69. The molecule has 148 valence electrons. The number of nitrogens with zero attached hydrogens (tertiary/aromatic N) is 3. The van der Waals surface area contributed by atoms with E-state index in [1.165, 1.54) is 6.21 Å². The van der Waals surface area contributed by atoms with Crippen molar-refractivity contribution in [1.29, 1.82) is 5.41 Å². The number of carbonyl (C=O) groups excluding carboxylic acids is 1. The van der Waals surface area contributed by atoms with Gasteiger partial charge in [0.15, 0.2) is 0 Å². The molecule has 0 bridgehead atoms. The number of hydrogen-bond donors (Lipinski definition) is 3. The molecule has 0 radical (unpaired) electrons. The quantitative estimate of drug-likeness (QED) is 0.413. The van der Waals surface area contributed by atoms with Crippen LogP contribution < -0.4 is 10.7 Å². The summed E-state index contributed by atoms with van der Waals surface area (Å²) in [4.78, 5) is 18.9. The van der Waals surface area contributed by atoms with Gasteiger partial charge in [-0.3, -0.25) is 10.2 Å². The van der Waals surface area contributed by atoms with Crippen LogP contribution in [0.25, 0.3) is 0 Å². The summed E-state index contributed by atoms with van der Waals surface area (Å²) in [5, 5.41) is 15.1. The molecule has 1 heterocycles. The minimum Gasteiger partial charge on any atom is -0.368 e. The van der Waals surface area contributed by atoms with Crippen molar-refractivity contribution in [2.45, 2.75) is 19.4 Å². The molecule has 9 heteroatoms. The normalized spacial score (nSPS) is 11.9. The molecular weight excluding hydrogens is 399 g/mol. The highest BCUT2D eigenvalue weighted by atomic mass is 35.5. The van der Waals surface area contributed by atoms with Gasteiger partial charge >= 0.3 is 0 Å². The average molecular weight is 421 g/mol. The van der Waals surface area contributed by atoms with Crippen molar-refractivity contribution < 1.29 is 4.79 Å². The molecule has 0 aliphatic rings. The molecule has 1 amide bonds. The van der Waals surface area contributed by atoms with Crippen molar-refractivity contribution in [3.05, 3.63) is 52.1 Å². The molecule has 3 N–H and O–H groups in total. The minimum absolute atomic E-state index is 0.0677. The Morgan fingerprint density at radius 1 is 1.32 bits per heavy atom. The lowest BCUT2D eigenvalue weighted by molar-refractivity contribution is 0.0737. The third-order valence-corrected chi connectivity index (χ3v) is 4.59. The number of hydrazone groups is 1. The Kier molecular flexibility index (Phi) is 8.22. The molecule has 1 aromatic heterocycles. The lowest BCUT2D eigenvalue weighted by Gasteiger charge is -2.28. The van der Waals surface area contributed by atoms with E-state index in [0.29, 0.717) is 33.7 Å². The molecule has 1 aromatic carbocycles. The lowest BCUT2D eigenvalue weighted by atomic mass is 10.1. The number of hydrogen-bond acceptors (Lipinski definition) is 6. The third kappa shape index (κ3) is 5.94. The summed E-state index contributed by atoms with van der Waals surface area (Å²) >= 11 is 11.9. The lowest BCUT2D eigenvalue weighted by Crippen LogP contribution is -2.41. The first-order valence-corrected chi connectivity index (χ1v) is 9.42. The fourth-order valence-electron chi connectivity index (χ4n) is 2.55. The molecule has 0 fully saturated rings. The van der Waals surface area contributed by atoms with Gasteiger partial charge in [0.05, 0.1) is 22.5 Å². The molecule has 1 atom stereocenters. The van der Waals surface area contributed by atoms with Gasteiger partial charge in [-0.15, -0.1) is 0 Å². The van der Waals surface area contributed by atoms with Crippen LogP contribution in [0.1, 0.15) is 23.7 Å². The molecule has 0 spiro atoms. The average Bonchev–Trinajstić information content (AvgIpc) is 2.70. The van der Waals surface area contributed by atoms with E-state index < -0.39 is 0 Å². The summed E-state index contributed by atoms with van der Waals surface area (Å²) in [5.74, 6) is 0.502. The number of carbonyl (C=O) groups is 1. The number of amides is 1. The van der Waals surface area contributed by atoms with E-state index in [-0.39, 0.29) is 11.9 Å². The van der Waals surface area contributed by atoms with Crippen LogP contribution in [0.15, 0.2) is 41.6 Å². The van der Waals surface area contributed by atoms with Crippen molar-refractivity contribution in [1.82, 2.24) is 9.88 Å². The van der Waals surface area contributed by atoms with Crippen molar-refractivity contribution in [3.8, 4) is 0 Å². The first-order chi connectivity index (χ1) is 13.5. The van der Waals surface area contributed by atoms with Crippen LogP contribution in [0.5, 0.6) is 0 Å². The number of likely N-dealkylation sites (N-methyl/N-ethyl adjacent to an activating group) is 1. The summed E-state index contributed by atoms with van der Waals surface area (Å²) < 4.78 is 0. The third-order valence-electron chi connectivity index (χ3n) is 4.13. The van der Waals surface area contributed by atoms with Crippen LogP contribution in [0.4, 0.5) is 11.5 Å². The first-order valence-electron chi connectivity index (χ1n) is 8.66. The summed E-state index contributed by atoms with van der Waals surface area (Å²) in [6, 6.07) is 8.43. The van der Waals surface area contributed by atoms with Gasteiger partial charge in [-0.1, -0.05) is 30.1 Å². The van der Waals surface area contributed by atoms with Crippen molar-refractivity contribution in [2.75, 3.05) is 24.3 Å². The van der Waals surface area contributed by atoms with Gasteiger partial charge < -0.3 is 15.6 Å². The second kappa shape index (κ2) is 10.6. The monoisotopic (exact) mass is 420 g/mol. The molecule has 28 heavy (non-hydrogen) atoms. The predicted molar refractivity (Wildman–Crippen MR) is 116 cm³/mol. The van der Waals surface area contributed by atoms with Gasteiger partial charge in [-0.2, -0.15) is 5.10 Å².